The van der Waals surface area contributed by atoms with Gasteiger partial charge in [-0.1, -0.05) is 19.8 Å². The molecule has 5 heteroatoms. The molecule has 1 aromatic rings. The van der Waals surface area contributed by atoms with Crippen molar-refractivity contribution >= 4 is 11.7 Å². The second kappa shape index (κ2) is 5.89. The maximum Gasteiger partial charge on any atom is 0.244 e. The zero-order valence-electron chi connectivity index (χ0n) is 11.0. The Morgan fingerprint density at radius 1 is 1.50 bits per heavy atom. The van der Waals surface area contributed by atoms with Gasteiger partial charge in [-0.3, -0.25) is 9.48 Å². The topological polar surface area (TPSA) is 64.2 Å². The summed E-state index contributed by atoms with van der Waals surface area (Å²) in [5.74, 6) is 0.623. The van der Waals surface area contributed by atoms with Crippen LogP contribution in [0.3, 0.4) is 0 Å². The molecule has 2 rings (SSSR count). The van der Waals surface area contributed by atoms with Crippen LogP contribution in [0.2, 0.25) is 0 Å². The summed E-state index contributed by atoms with van der Waals surface area (Å²) in [6, 6.07) is 2.11. The van der Waals surface area contributed by atoms with Crippen molar-refractivity contribution in [1.29, 1.82) is 0 Å². The van der Waals surface area contributed by atoms with Crippen molar-refractivity contribution in [3.05, 3.63) is 12.3 Å². The number of rotatable bonds is 3. The Morgan fingerprint density at radius 3 is 3.00 bits per heavy atom. The van der Waals surface area contributed by atoms with E-state index in [0.29, 0.717) is 18.4 Å². The second-order valence-corrected chi connectivity index (χ2v) is 4.94. The Bertz CT molecular complexity index is 401. The average molecular weight is 250 g/mol. The van der Waals surface area contributed by atoms with Gasteiger partial charge in [0, 0.05) is 18.8 Å². The van der Waals surface area contributed by atoms with Gasteiger partial charge in [0.1, 0.15) is 12.4 Å². The maximum atomic E-state index is 12.3. The van der Waals surface area contributed by atoms with Crippen LogP contribution in [0.5, 0.6) is 0 Å². The summed E-state index contributed by atoms with van der Waals surface area (Å²) < 4.78 is 1.62. The molecule has 1 unspecified atom stereocenters. The highest BCUT2D eigenvalue weighted by Gasteiger charge is 2.24. The van der Waals surface area contributed by atoms with Crippen molar-refractivity contribution in [1.82, 2.24) is 14.7 Å². The van der Waals surface area contributed by atoms with Crippen LogP contribution < -0.4 is 5.73 Å². The number of likely N-dealkylation sites (tertiary alicyclic amines) is 1. The Balaban J connectivity index is 2.01. The largest absolute Gasteiger partial charge is 0.382 e. The minimum atomic E-state index is 0.159. The molecule has 1 aliphatic rings. The number of nitrogens with two attached hydrogens (primary N) is 1. The average Bonchev–Trinajstić information content (AvgIpc) is 2.65. The lowest BCUT2D eigenvalue weighted by molar-refractivity contribution is -0.134. The van der Waals surface area contributed by atoms with Gasteiger partial charge < -0.3 is 10.6 Å². The van der Waals surface area contributed by atoms with E-state index < -0.39 is 0 Å². The Kier molecular flexibility index (Phi) is 4.23. The fraction of sp³-hybridized carbons (Fsp3) is 0.692. The second-order valence-electron chi connectivity index (χ2n) is 4.94. The van der Waals surface area contributed by atoms with Crippen LogP contribution in [0.25, 0.3) is 0 Å². The van der Waals surface area contributed by atoms with E-state index in [1.807, 2.05) is 4.90 Å². The van der Waals surface area contributed by atoms with E-state index in [0.717, 1.165) is 25.8 Å². The number of hydrogen-bond acceptors (Lipinski definition) is 3. The SMILES string of the molecule is CCC1CCCCCN1C(=O)Cn1ccc(N)n1. The summed E-state index contributed by atoms with van der Waals surface area (Å²) in [7, 11) is 0. The summed E-state index contributed by atoms with van der Waals surface area (Å²) in [5, 5.41) is 4.07. The van der Waals surface area contributed by atoms with E-state index in [1.165, 1.54) is 12.8 Å². The summed E-state index contributed by atoms with van der Waals surface area (Å²) in [6.45, 7) is 3.34. The molecule has 100 valence electrons. The minimum absolute atomic E-state index is 0.159. The number of amides is 1. The van der Waals surface area contributed by atoms with Crippen molar-refractivity contribution < 1.29 is 4.79 Å². The number of nitrogen functional groups attached to an aromatic ring is 1. The third kappa shape index (κ3) is 3.03. The first kappa shape index (κ1) is 12.9. The Morgan fingerprint density at radius 2 is 2.33 bits per heavy atom. The standard InChI is InChI=1S/C13H22N4O/c1-2-11-6-4-3-5-8-17(11)13(18)10-16-9-7-12(14)15-16/h7,9,11H,2-6,8,10H2,1H3,(H2,14,15). The quantitative estimate of drug-likeness (QED) is 0.887. The number of anilines is 1. The van der Waals surface area contributed by atoms with E-state index in [4.69, 9.17) is 5.73 Å². The van der Waals surface area contributed by atoms with Gasteiger partial charge in [-0.25, -0.2) is 0 Å². The van der Waals surface area contributed by atoms with Crippen LogP contribution >= 0.6 is 0 Å². The van der Waals surface area contributed by atoms with Crippen molar-refractivity contribution in [2.45, 2.75) is 51.6 Å². The monoisotopic (exact) mass is 250 g/mol. The van der Waals surface area contributed by atoms with Crippen molar-refractivity contribution in [2.24, 2.45) is 0 Å². The lowest BCUT2D eigenvalue weighted by atomic mass is 10.1. The van der Waals surface area contributed by atoms with Crippen molar-refractivity contribution in [3.8, 4) is 0 Å². The Hall–Kier alpha value is -1.52. The molecule has 0 saturated carbocycles. The number of carbonyl (C=O) groups excluding carboxylic acids is 1. The third-order valence-electron chi connectivity index (χ3n) is 3.63. The predicted octanol–water partition coefficient (Wildman–Crippen LogP) is 1.65. The summed E-state index contributed by atoms with van der Waals surface area (Å²) in [5.41, 5.74) is 5.55. The molecule has 0 radical (unpaired) electrons. The summed E-state index contributed by atoms with van der Waals surface area (Å²) in [4.78, 5) is 14.4. The fourth-order valence-corrected chi connectivity index (χ4v) is 2.62. The van der Waals surface area contributed by atoms with Crippen LogP contribution in [0.15, 0.2) is 12.3 Å². The first-order valence-electron chi connectivity index (χ1n) is 6.79. The highest BCUT2D eigenvalue weighted by atomic mass is 16.2. The zero-order chi connectivity index (χ0) is 13.0. The molecule has 1 aromatic heterocycles. The molecule has 2 heterocycles. The van der Waals surface area contributed by atoms with Crippen LogP contribution in [-0.2, 0) is 11.3 Å². The van der Waals surface area contributed by atoms with E-state index in [9.17, 15) is 4.79 Å². The minimum Gasteiger partial charge on any atom is -0.382 e. The van der Waals surface area contributed by atoms with Gasteiger partial charge in [-0.15, -0.1) is 0 Å². The van der Waals surface area contributed by atoms with Crippen LogP contribution in [0, 0.1) is 0 Å². The number of carbonyl (C=O) groups is 1. The van der Waals surface area contributed by atoms with Crippen molar-refractivity contribution in [2.75, 3.05) is 12.3 Å². The maximum absolute atomic E-state index is 12.3. The van der Waals surface area contributed by atoms with Gasteiger partial charge in [0.05, 0.1) is 0 Å². The van der Waals surface area contributed by atoms with Gasteiger partial charge in [0.2, 0.25) is 5.91 Å². The highest BCUT2D eigenvalue weighted by Crippen LogP contribution is 2.19. The van der Waals surface area contributed by atoms with Crippen LogP contribution in [0.1, 0.15) is 39.0 Å². The Labute approximate surface area is 108 Å². The van der Waals surface area contributed by atoms with Gasteiger partial charge in [-0.05, 0) is 25.3 Å². The molecule has 0 spiro atoms. The molecule has 1 saturated heterocycles. The molecule has 0 aromatic carbocycles. The molecular formula is C13H22N4O. The fourth-order valence-electron chi connectivity index (χ4n) is 2.62. The molecule has 0 bridgehead atoms. The van der Waals surface area contributed by atoms with Gasteiger partial charge in [-0.2, -0.15) is 5.10 Å². The molecule has 2 N–H and O–H groups in total. The van der Waals surface area contributed by atoms with E-state index >= 15 is 0 Å². The van der Waals surface area contributed by atoms with Crippen LogP contribution in [0.4, 0.5) is 5.82 Å². The lowest BCUT2D eigenvalue weighted by Gasteiger charge is -2.29. The smallest absolute Gasteiger partial charge is 0.244 e. The van der Waals surface area contributed by atoms with Crippen molar-refractivity contribution in [3.63, 3.8) is 0 Å². The number of nitrogens with zero attached hydrogens (tertiary/aromatic N) is 3. The molecule has 1 amide bonds. The first-order chi connectivity index (χ1) is 8.70. The van der Waals surface area contributed by atoms with E-state index in [2.05, 4.69) is 12.0 Å². The van der Waals surface area contributed by atoms with E-state index in [1.54, 1.807) is 16.9 Å². The molecular weight excluding hydrogens is 228 g/mol. The molecule has 18 heavy (non-hydrogen) atoms. The summed E-state index contributed by atoms with van der Waals surface area (Å²) >= 11 is 0. The molecule has 1 atom stereocenters. The molecule has 0 aliphatic carbocycles. The van der Waals surface area contributed by atoms with Gasteiger partial charge in [0.15, 0.2) is 0 Å². The number of aromatic nitrogens is 2. The highest BCUT2D eigenvalue weighted by molar-refractivity contribution is 5.76. The molecule has 5 nitrogen and oxygen atoms in total. The predicted molar refractivity (Wildman–Crippen MR) is 70.9 cm³/mol. The van der Waals surface area contributed by atoms with Gasteiger partial charge in [0.25, 0.3) is 0 Å². The third-order valence-corrected chi connectivity index (χ3v) is 3.63. The van der Waals surface area contributed by atoms with Crippen LogP contribution in [-0.4, -0.2) is 33.2 Å². The lowest BCUT2D eigenvalue weighted by Crippen LogP contribution is -2.41. The first-order valence-corrected chi connectivity index (χ1v) is 6.79. The van der Waals surface area contributed by atoms with E-state index in [-0.39, 0.29) is 5.91 Å². The number of hydrogen-bond donors (Lipinski definition) is 1. The summed E-state index contributed by atoms with van der Waals surface area (Å²) in [6.07, 6.45) is 7.50. The zero-order valence-corrected chi connectivity index (χ0v) is 11.0. The molecule has 1 aliphatic heterocycles. The molecule has 1 fully saturated rings. The van der Waals surface area contributed by atoms with Gasteiger partial charge >= 0.3 is 0 Å². The normalized spacial score (nSPS) is 20.7.